The Morgan fingerprint density at radius 1 is 0.613 bits per heavy atom. The molecule has 3 aromatic rings. The highest BCUT2D eigenvalue weighted by Crippen LogP contribution is 2.52. The third kappa shape index (κ3) is 4.49. The third-order valence-corrected chi connectivity index (χ3v) is 8.09. The van der Waals surface area contributed by atoms with Crippen LogP contribution in [0, 0.1) is 41.5 Å². The lowest BCUT2D eigenvalue weighted by atomic mass is 10.0. The molecule has 1 atom stereocenters. The molecule has 0 heterocycles. The molecule has 0 amide bonds. The molecular formula is C26H30O3P2. The van der Waals surface area contributed by atoms with E-state index in [1.165, 1.54) is 0 Å². The van der Waals surface area contributed by atoms with Crippen LogP contribution in [0.3, 0.4) is 0 Å². The Kier molecular flexibility index (Phi) is 7.58. The molecular weight excluding hydrogens is 422 g/mol. The Bertz CT molecular complexity index is 1090. The molecule has 0 aromatic heterocycles. The topological polar surface area (TPSA) is 51.2 Å². The molecule has 1 unspecified atom stereocenters. The zero-order valence-corrected chi connectivity index (χ0v) is 21.4. The highest BCUT2D eigenvalue weighted by Gasteiger charge is 2.44. The zero-order chi connectivity index (χ0) is 22.2. The molecule has 0 aliphatic carbocycles. The van der Waals surface area contributed by atoms with Crippen molar-refractivity contribution in [1.29, 1.82) is 0 Å². The van der Waals surface area contributed by atoms with Crippen LogP contribution in [0.25, 0.3) is 0 Å². The summed E-state index contributed by atoms with van der Waals surface area (Å²) >= 11 is 0. The van der Waals surface area contributed by atoms with Gasteiger partial charge < -0.3 is 4.57 Å². The summed E-state index contributed by atoms with van der Waals surface area (Å²) in [6, 6.07) is 16.0. The van der Waals surface area contributed by atoms with Crippen molar-refractivity contribution in [3.8, 4) is 0 Å². The first-order chi connectivity index (χ1) is 14.1. The van der Waals surface area contributed by atoms with E-state index in [2.05, 4.69) is 0 Å². The van der Waals surface area contributed by atoms with Crippen LogP contribution in [0.1, 0.15) is 54.1 Å². The minimum absolute atomic E-state index is 0. The summed E-state index contributed by atoms with van der Waals surface area (Å²) in [7, 11) is -4.11. The van der Waals surface area contributed by atoms with Gasteiger partial charge in [-0.25, -0.2) is 0 Å². The number of hydrogen-bond donors (Lipinski definition) is 0. The summed E-state index contributed by atoms with van der Waals surface area (Å²) in [6.45, 7) is 11.2. The standard InChI is InChI=1S/C26H27O3P.H3P/c1-16-12-18(3)23(19(4)13-16)25(27)30(29,22-10-8-7-9-11-22)26(28)24-20(5)14-17(2)15-21(24)6;/h7-15H,1-6H3;1H3. The molecule has 0 aliphatic heterocycles. The minimum Gasteiger partial charge on any atom is -0.302 e. The van der Waals surface area contributed by atoms with E-state index in [1.54, 1.807) is 30.3 Å². The number of benzene rings is 3. The van der Waals surface area contributed by atoms with E-state index in [1.807, 2.05) is 65.8 Å². The molecule has 0 spiro atoms. The van der Waals surface area contributed by atoms with Crippen molar-refractivity contribution in [2.24, 2.45) is 0 Å². The number of rotatable bonds is 5. The summed E-state index contributed by atoms with van der Waals surface area (Å²) in [5, 5.41) is 0.277. The molecule has 3 aromatic carbocycles. The predicted molar refractivity (Wildman–Crippen MR) is 135 cm³/mol. The quantitative estimate of drug-likeness (QED) is 0.429. The van der Waals surface area contributed by atoms with Gasteiger partial charge in [-0.2, -0.15) is 9.90 Å². The van der Waals surface area contributed by atoms with E-state index >= 15 is 0 Å². The van der Waals surface area contributed by atoms with Gasteiger partial charge in [0, 0.05) is 16.4 Å². The largest absolute Gasteiger partial charge is 0.302 e. The maximum atomic E-state index is 14.5. The van der Waals surface area contributed by atoms with Gasteiger partial charge in [-0.1, -0.05) is 65.7 Å². The van der Waals surface area contributed by atoms with Crippen LogP contribution in [0.2, 0.25) is 0 Å². The van der Waals surface area contributed by atoms with Gasteiger partial charge in [0.2, 0.25) is 18.2 Å². The second-order valence-corrected chi connectivity index (χ2v) is 10.6. The SMILES string of the molecule is Cc1cc(C)c(C(=O)P(=O)(C(=O)c2c(C)cc(C)cc2C)c2ccccc2)c(C)c1.P. The molecule has 0 saturated carbocycles. The smallest absolute Gasteiger partial charge is 0.248 e. The second kappa shape index (κ2) is 9.43. The summed E-state index contributed by atoms with van der Waals surface area (Å²) in [4.78, 5) is 27.7. The summed E-state index contributed by atoms with van der Waals surface area (Å²) < 4.78 is 14.5. The molecule has 0 radical (unpaired) electrons. The molecule has 0 fully saturated rings. The van der Waals surface area contributed by atoms with E-state index in [0.717, 1.165) is 33.4 Å². The molecule has 0 bridgehead atoms. The second-order valence-electron chi connectivity index (χ2n) is 8.10. The predicted octanol–water partition coefficient (Wildman–Crippen LogP) is 6.26. The van der Waals surface area contributed by atoms with Crippen molar-refractivity contribution in [1.82, 2.24) is 0 Å². The van der Waals surface area contributed by atoms with Crippen LogP contribution in [0.15, 0.2) is 54.6 Å². The summed E-state index contributed by atoms with van der Waals surface area (Å²) in [6.07, 6.45) is 0. The minimum atomic E-state index is -4.11. The molecule has 3 rings (SSSR count). The van der Waals surface area contributed by atoms with Crippen LogP contribution >= 0.6 is 17.0 Å². The highest BCUT2D eigenvalue weighted by molar-refractivity contribution is 8.01. The maximum absolute atomic E-state index is 14.5. The van der Waals surface area contributed by atoms with E-state index < -0.39 is 18.2 Å². The summed E-state index contributed by atoms with van der Waals surface area (Å²) in [5.74, 6) is 0. The number of carbonyl (C=O) groups is 2. The fourth-order valence-corrected chi connectivity index (χ4v) is 6.89. The number of hydrogen-bond acceptors (Lipinski definition) is 3. The Hall–Kier alpha value is -2.34. The third-order valence-electron chi connectivity index (χ3n) is 5.47. The van der Waals surface area contributed by atoms with E-state index in [0.29, 0.717) is 11.1 Å². The van der Waals surface area contributed by atoms with Crippen molar-refractivity contribution in [2.45, 2.75) is 41.5 Å². The Morgan fingerprint density at radius 2 is 0.935 bits per heavy atom. The van der Waals surface area contributed by atoms with Crippen LogP contribution in [-0.4, -0.2) is 11.0 Å². The van der Waals surface area contributed by atoms with Crippen LogP contribution in [0.4, 0.5) is 0 Å². The average molecular weight is 452 g/mol. The average Bonchev–Trinajstić information content (AvgIpc) is 2.66. The van der Waals surface area contributed by atoms with E-state index in [4.69, 9.17) is 0 Å². The molecule has 0 saturated heterocycles. The lowest BCUT2D eigenvalue weighted by Gasteiger charge is -2.21. The molecule has 5 heteroatoms. The van der Waals surface area contributed by atoms with E-state index in [-0.39, 0.29) is 15.2 Å². The van der Waals surface area contributed by atoms with Gasteiger partial charge in [0.05, 0.1) is 0 Å². The Labute approximate surface area is 188 Å². The zero-order valence-electron chi connectivity index (χ0n) is 19.1. The normalized spacial score (nSPS) is 11.0. The first-order valence-corrected chi connectivity index (χ1v) is 11.7. The summed E-state index contributed by atoms with van der Waals surface area (Å²) in [5.41, 5.74) is 4.56. The van der Waals surface area contributed by atoms with Gasteiger partial charge in [0.25, 0.3) is 0 Å². The van der Waals surface area contributed by atoms with Crippen LogP contribution in [0.5, 0.6) is 0 Å². The van der Waals surface area contributed by atoms with Crippen molar-refractivity contribution >= 4 is 33.4 Å². The Morgan fingerprint density at radius 3 is 1.26 bits per heavy atom. The molecule has 0 N–H and O–H groups in total. The Balaban J connectivity index is 0.00000341. The van der Waals surface area contributed by atoms with Crippen LogP contribution < -0.4 is 5.30 Å². The van der Waals surface area contributed by atoms with Gasteiger partial charge >= 0.3 is 0 Å². The number of carbonyl (C=O) groups excluding carboxylic acids is 2. The fraction of sp³-hybridized carbons (Fsp3) is 0.231. The molecule has 31 heavy (non-hydrogen) atoms. The van der Waals surface area contributed by atoms with Gasteiger partial charge in [-0.05, 0) is 63.8 Å². The van der Waals surface area contributed by atoms with Crippen molar-refractivity contribution in [3.05, 3.63) is 99.1 Å². The lowest BCUT2D eigenvalue weighted by Crippen LogP contribution is -2.23. The first-order valence-electron chi connectivity index (χ1n) is 9.98. The number of aryl methyl sites for hydroxylation is 6. The lowest BCUT2D eigenvalue weighted by molar-refractivity contribution is 0.104. The van der Waals surface area contributed by atoms with Crippen molar-refractivity contribution in [2.75, 3.05) is 0 Å². The van der Waals surface area contributed by atoms with E-state index in [9.17, 15) is 14.2 Å². The van der Waals surface area contributed by atoms with Gasteiger partial charge in [-0.15, -0.1) is 0 Å². The van der Waals surface area contributed by atoms with Crippen molar-refractivity contribution in [3.63, 3.8) is 0 Å². The van der Waals surface area contributed by atoms with Crippen molar-refractivity contribution < 1.29 is 14.2 Å². The van der Waals surface area contributed by atoms with Crippen LogP contribution in [-0.2, 0) is 4.57 Å². The maximum Gasteiger partial charge on any atom is 0.248 e. The molecule has 162 valence electrons. The molecule has 3 nitrogen and oxygen atoms in total. The monoisotopic (exact) mass is 452 g/mol. The first kappa shape index (κ1) is 24.9. The highest BCUT2D eigenvalue weighted by atomic mass is 31.2. The van der Waals surface area contributed by atoms with Gasteiger partial charge in [-0.3, -0.25) is 9.59 Å². The molecule has 0 aliphatic rings. The fourth-order valence-electron chi connectivity index (χ4n) is 4.31. The van der Waals surface area contributed by atoms with Gasteiger partial charge in [0.15, 0.2) is 0 Å². The van der Waals surface area contributed by atoms with Gasteiger partial charge in [0.1, 0.15) is 0 Å².